The van der Waals surface area contributed by atoms with Crippen molar-refractivity contribution in [2.45, 2.75) is 6.92 Å². The van der Waals surface area contributed by atoms with Gasteiger partial charge in [0.15, 0.2) is 0 Å². The molecule has 0 atom stereocenters. The summed E-state index contributed by atoms with van der Waals surface area (Å²) in [6.07, 6.45) is 4.64. The fourth-order valence-electron chi connectivity index (χ4n) is 2.46. The molecule has 3 aromatic rings. The lowest BCUT2D eigenvalue weighted by Gasteiger charge is -1.99. The number of hydrogen-bond donors (Lipinski definition) is 3. The lowest BCUT2D eigenvalue weighted by molar-refractivity contribution is 0.415. The number of benzene rings is 1. The molecular formula is C19H18N4O3. The highest BCUT2D eigenvalue weighted by atomic mass is 16.5. The van der Waals surface area contributed by atoms with Crippen molar-refractivity contribution in [3.05, 3.63) is 85.5 Å². The first kappa shape index (κ1) is 17.2. The number of allylic oxidation sites excluding steroid dienone is 1. The van der Waals surface area contributed by atoms with Gasteiger partial charge in [0.25, 0.3) is 11.1 Å². The van der Waals surface area contributed by atoms with Crippen molar-refractivity contribution in [3.8, 4) is 5.75 Å². The number of hydrogen-bond acceptors (Lipinski definition) is 4. The maximum Gasteiger partial charge on any atom is 0.272 e. The number of imidazole rings is 1. The van der Waals surface area contributed by atoms with Gasteiger partial charge in [-0.3, -0.25) is 9.59 Å². The molecule has 3 rings (SSSR count). The number of ether oxygens (including phenoxy) is 1. The molecule has 0 spiro atoms. The molecule has 2 heterocycles. The van der Waals surface area contributed by atoms with Gasteiger partial charge in [0.2, 0.25) is 0 Å². The molecule has 7 nitrogen and oxygen atoms in total. The third-order valence-corrected chi connectivity index (χ3v) is 3.77. The van der Waals surface area contributed by atoms with Gasteiger partial charge < -0.3 is 19.7 Å². The molecule has 1 aromatic carbocycles. The minimum absolute atomic E-state index is 0.133. The largest absolute Gasteiger partial charge is 0.497 e. The topological polar surface area (TPSA) is 104 Å². The summed E-state index contributed by atoms with van der Waals surface area (Å²) in [4.78, 5) is 36.9. The monoisotopic (exact) mass is 350 g/mol. The van der Waals surface area contributed by atoms with Crippen LogP contribution in [0.3, 0.4) is 0 Å². The summed E-state index contributed by atoms with van der Waals surface area (Å²) in [5.41, 5.74) is 1.95. The maximum atomic E-state index is 12.3. The zero-order valence-electron chi connectivity index (χ0n) is 14.4. The summed E-state index contributed by atoms with van der Waals surface area (Å²) in [5.74, 6) is 0.711. The molecule has 3 N–H and O–H groups in total. The predicted molar refractivity (Wildman–Crippen MR) is 100 cm³/mol. The van der Waals surface area contributed by atoms with E-state index in [9.17, 15) is 9.59 Å². The van der Waals surface area contributed by atoms with Gasteiger partial charge in [-0.15, -0.1) is 0 Å². The maximum absolute atomic E-state index is 12.3. The fourth-order valence-corrected chi connectivity index (χ4v) is 2.46. The van der Waals surface area contributed by atoms with Crippen molar-refractivity contribution in [1.82, 2.24) is 19.9 Å². The van der Waals surface area contributed by atoms with Crippen LogP contribution < -0.4 is 26.6 Å². The summed E-state index contributed by atoms with van der Waals surface area (Å²) in [5, 5.41) is 0.302. The van der Waals surface area contributed by atoms with Crippen LogP contribution in [-0.2, 0) is 0 Å². The zero-order chi connectivity index (χ0) is 18.7. The molecule has 0 saturated carbocycles. The highest BCUT2D eigenvalue weighted by molar-refractivity contribution is 5.66. The van der Waals surface area contributed by atoms with Gasteiger partial charge in [0, 0.05) is 0 Å². The molecular weight excluding hydrogens is 332 g/mol. The van der Waals surface area contributed by atoms with E-state index < -0.39 is 11.1 Å². The van der Waals surface area contributed by atoms with Gasteiger partial charge in [-0.1, -0.05) is 18.7 Å². The zero-order valence-corrected chi connectivity index (χ0v) is 14.4. The van der Waals surface area contributed by atoms with Crippen molar-refractivity contribution >= 4 is 17.7 Å². The Hall–Kier alpha value is -3.61. The number of nitrogens with one attached hydrogen (secondary N) is 3. The lowest BCUT2D eigenvalue weighted by Crippen LogP contribution is -2.46. The summed E-state index contributed by atoms with van der Waals surface area (Å²) in [6.45, 7) is 5.65. The van der Waals surface area contributed by atoms with E-state index in [-0.39, 0.29) is 10.7 Å². The number of aromatic amines is 3. The van der Waals surface area contributed by atoms with Gasteiger partial charge in [-0.2, -0.15) is 0 Å². The molecule has 0 aliphatic heterocycles. The summed E-state index contributed by atoms with van der Waals surface area (Å²) in [6, 6.07) is 7.13. The highest BCUT2D eigenvalue weighted by Crippen LogP contribution is 2.12. The second kappa shape index (κ2) is 7.10. The van der Waals surface area contributed by atoms with Crippen molar-refractivity contribution in [2.75, 3.05) is 7.11 Å². The molecule has 0 bridgehead atoms. The molecule has 0 aliphatic rings. The first-order valence-corrected chi connectivity index (χ1v) is 7.87. The van der Waals surface area contributed by atoms with E-state index in [1.807, 2.05) is 6.92 Å². The van der Waals surface area contributed by atoms with Crippen LogP contribution in [0, 0.1) is 0 Å². The Labute approximate surface area is 148 Å². The van der Waals surface area contributed by atoms with Gasteiger partial charge in [-0.05, 0) is 42.3 Å². The molecule has 0 saturated heterocycles. The number of methoxy groups -OCH3 is 1. The van der Waals surface area contributed by atoms with Crippen molar-refractivity contribution in [1.29, 1.82) is 0 Å². The van der Waals surface area contributed by atoms with Gasteiger partial charge >= 0.3 is 0 Å². The molecule has 0 radical (unpaired) electrons. The van der Waals surface area contributed by atoms with E-state index >= 15 is 0 Å². The Morgan fingerprint density at radius 2 is 1.69 bits per heavy atom. The molecule has 0 aliphatic carbocycles. The van der Waals surface area contributed by atoms with Crippen LogP contribution in [0.5, 0.6) is 5.75 Å². The SMILES string of the molecule is C=C(C)c1nc[nH]c1/C=c1\[nH]c(=O)/c(=C/c2ccc(OC)cc2)[nH]c1=O. The molecule has 0 amide bonds. The quantitative estimate of drug-likeness (QED) is 0.637. The van der Waals surface area contributed by atoms with Crippen molar-refractivity contribution in [2.24, 2.45) is 0 Å². The van der Waals surface area contributed by atoms with Crippen LogP contribution in [-0.4, -0.2) is 27.0 Å². The molecule has 132 valence electrons. The minimum atomic E-state index is -0.411. The average molecular weight is 350 g/mol. The van der Waals surface area contributed by atoms with E-state index in [0.717, 1.165) is 11.1 Å². The van der Waals surface area contributed by atoms with E-state index in [1.165, 1.54) is 12.4 Å². The van der Waals surface area contributed by atoms with Crippen molar-refractivity contribution in [3.63, 3.8) is 0 Å². The summed E-state index contributed by atoms with van der Waals surface area (Å²) in [7, 11) is 1.58. The Bertz CT molecular complexity index is 1180. The second-order valence-corrected chi connectivity index (χ2v) is 5.74. The summed E-state index contributed by atoms with van der Waals surface area (Å²) < 4.78 is 5.10. The normalized spacial score (nSPS) is 12.4. The highest BCUT2D eigenvalue weighted by Gasteiger charge is 2.04. The number of aromatic nitrogens is 4. The third-order valence-electron chi connectivity index (χ3n) is 3.77. The second-order valence-electron chi connectivity index (χ2n) is 5.74. The molecule has 0 unspecified atom stereocenters. The van der Waals surface area contributed by atoms with E-state index in [2.05, 4.69) is 26.5 Å². The van der Waals surface area contributed by atoms with Gasteiger partial charge in [0.05, 0.1) is 24.8 Å². The van der Waals surface area contributed by atoms with Crippen LogP contribution in [0.1, 0.15) is 23.9 Å². The van der Waals surface area contributed by atoms with E-state index in [0.29, 0.717) is 17.1 Å². The van der Waals surface area contributed by atoms with E-state index in [1.54, 1.807) is 37.5 Å². The first-order valence-electron chi connectivity index (χ1n) is 7.87. The van der Waals surface area contributed by atoms with Crippen LogP contribution in [0.2, 0.25) is 0 Å². The van der Waals surface area contributed by atoms with Crippen molar-refractivity contribution < 1.29 is 4.74 Å². The molecule has 26 heavy (non-hydrogen) atoms. The molecule has 7 heteroatoms. The van der Waals surface area contributed by atoms with Crippen LogP contribution in [0.25, 0.3) is 17.7 Å². The molecule has 0 fully saturated rings. The van der Waals surface area contributed by atoms with Crippen LogP contribution in [0.15, 0.2) is 46.8 Å². The minimum Gasteiger partial charge on any atom is -0.497 e. The number of nitrogens with zero attached hydrogens (tertiary/aromatic N) is 1. The smallest absolute Gasteiger partial charge is 0.272 e. The predicted octanol–water partition coefficient (Wildman–Crippen LogP) is 0.486. The Kier molecular flexibility index (Phi) is 4.70. The van der Waals surface area contributed by atoms with Crippen LogP contribution in [0.4, 0.5) is 0 Å². The first-order chi connectivity index (χ1) is 12.5. The number of rotatable bonds is 4. The summed E-state index contributed by atoms with van der Waals surface area (Å²) >= 11 is 0. The number of H-pyrrole nitrogens is 3. The fraction of sp³-hybridized carbons (Fsp3) is 0.105. The Balaban J connectivity index is 2.09. The Morgan fingerprint density at radius 3 is 2.27 bits per heavy atom. The van der Waals surface area contributed by atoms with Gasteiger partial charge in [0.1, 0.15) is 16.4 Å². The lowest BCUT2D eigenvalue weighted by atomic mass is 10.2. The van der Waals surface area contributed by atoms with Gasteiger partial charge in [-0.25, -0.2) is 4.98 Å². The third kappa shape index (κ3) is 3.56. The molecule has 2 aromatic heterocycles. The Morgan fingerprint density at radius 1 is 1.08 bits per heavy atom. The average Bonchev–Trinajstić information content (AvgIpc) is 3.08. The van der Waals surface area contributed by atoms with E-state index in [4.69, 9.17) is 4.74 Å². The standard InChI is InChI=1S/C19H18N4O3/c1-11(2)17-14(20-10-21-17)9-16-19(25)22-15(18(24)23-16)8-12-4-6-13(26-3)7-5-12/h4-10H,1H2,2-3H3,(H,20,21)(H,22,25)(H,23,24)/b15-8-,16-9-. The van der Waals surface area contributed by atoms with Crippen LogP contribution >= 0.6 is 0 Å².